The molecule has 0 amide bonds. The summed E-state index contributed by atoms with van der Waals surface area (Å²) in [5.41, 5.74) is 2.90. The van der Waals surface area contributed by atoms with E-state index in [-0.39, 0.29) is 0 Å². The number of allylic oxidation sites excluding steroid dienone is 1. The van der Waals surface area contributed by atoms with Crippen molar-refractivity contribution in [2.45, 2.75) is 6.42 Å². The molecule has 0 aliphatic carbocycles. The second-order valence-corrected chi connectivity index (χ2v) is 1.34. The van der Waals surface area contributed by atoms with E-state index in [4.69, 9.17) is 0 Å². The van der Waals surface area contributed by atoms with Gasteiger partial charge in [-0.3, -0.25) is 0 Å². The Kier molecular flexibility index (Phi) is 1.84. The Morgan fingerprint density at radius 1 is 1.38 bits per heavy atom. The number of rotatable bonds is 0. The van der Waals surface area contributed by atoms with Gasteiger partial charge in [0.05, 0.1) is 6.21 Å². The highest BCUT2D eigenvalue weighted by Gasteiger charge is 1.70. The minimum Gasteiger partial charge on any atom is -0.163 e. The molecule has 0 atom stereocenters. The van der Waals surface area contributed by atoms with Crippen molar-refractivity contribution in [1.29, 1.82) is 0 Å². The van der Waals surface area contributed by atoms with E-state index in [1.54, 1.807) is 18.5 Å². The minimum absolute atomic E-state index is 0.827. The summed E-state index contributed by atoms with van der Waals surface area (Å²) in [5.74, 6) is 0. The first-order valence-corrected chi connectivity index (χ1v) is 2.44. The van der Waals surface area contributed by atoms with Gasteiger partial charge in [-0.1, -0.05) is 0 Å². The lowest BCUT2D eigenvalue weighted by Crippen LogP contribution is -1.70. The molecule has 40 valence electrons. The summed E-state index contributed by atoms with van der Waals surface area (Å²) in [6.45, 7) is 0. The first kappa shape index (κ1) is 5.01. The molecular weight excluding hydrogens is 100 g/mol. The van der Waals surface area contributed by atoms with Crippen LogP contribution < -0.4 is 0 Å². The summed E-state index contributed by atoms with van der Waals surface area (Å²) >= 11 is 0. The monoisotopic (exact) mass is 106 g/mol. The average molecular weight is 106 g/mol. The minimum atomic E-state index is 0.827. The highest BCUT2D eigenvalue weighted by atomic mass is 15.2. The Morgan fingerprint density at radius 3 is 3.38 bits per heavy atom. The van der Waals surface area contributed by atoms with Crippen molar-refractivity contribution in [3.05, 3.63) is 17.9 Å². The molecule has 0 N–H and O–H groups in total. The fourth-order valence-electron chi connectivity index (χ4n) is 0.398. The van der Waals surface area contributed by atoms with E-state index >= 15 is 0 Å². The fourth-order valence-corrected chi connectivity index (χ4v) is 0.398. The summed E-state index contributed by atoms with van der Waals surface area (Å²) in [4.78, 5) is 0. The van der Waals surface area contributed by atoms with E-state index in [1.807, 2.05) is 6.08 Å². The normalized spacial score (nSPS) is 16.0. The summed E-state index contributed by atoms with van der Waals surface area (Å²) in [5, 5.41) is 7.31. The van der Waals surface area contributed by atoms with Gasteiger partial charge in [0, 0.05) is 12.6 Å². The Morgan fingerprint density at radius 2 is 2.38 bits per heavy atom. The molecule has 1 heterocycles. The van der Waals surface area contributed by atoms with Gasteiger partial charge in [-0.15, -0.1) is 5.73 Å². The summed E-state index contributed by atoms with van der Waals surface area (Å²) in [6, 6.07) is 0. The SMILES string of the molecule is C1=CC=NN=CCC=1. The van der Waals surface area contributed by atoms with E-state index in [9.17, 15) is 0 Å². The van der Waals surface area contributed by atoms with Crippen molar-refractivity contribution >= 4 is 12.4 Å². The van der Waals surface area contributed by atoms with Gasteiger partial charge < -0.3 is 0 Å². The van der Waals surface area contributed by atoms with Crippen molar-refractivity contribution in [3.63, 3.8) is 0 Å². The van der Waals surface area contributed by atoms with E-state index in [1.165, 1.54) is 0 Å². The predicted molar refractivity (Wildman–Crippen MR) is 34.3 cm³/mol. The Labute approximate surface area is 47.9 Å². The fraction of sp³-hybridized carbons (Fsp3) is 0.167. The molecule has 0 fully saturated rings. The van der Waals surface area contributed by atoms with Crippen LogP contribution in [0, 0.1) is 0 Å². The number of nitrogens with zero attached hydrogens (tertiary/aromatic N) is 2. The maximum Gasteiger partial charge on any atom is 0.0572 e. The predicted octanol–water partition coefficient (Wildman–Crippen LogP) is 1.16. The zero-order valence-corrected chi connectivity index (χ0v) is 4.41. The van der Waals surface area contributed by atoms with E-state index in [2.05, 4.69) is 15.9 Å². The zero-order chi connectivity index (χ0) is 5.66. The third-order valence-corrected chi connectivity index (χ3v) is 0.727. The molecule has 0 saturated heterocycles. The van der Waals surface area contributed by atoms with E-state index in [0.29, 0.717) is 0 Å². The molecule has 0 aromatic rings. The Bertz CT molecular complexity index is 171. The van der Waals surface area contributed by atoms with Crippen LogP contribution in [0.5, 0.6) is 0 Å². The number of hydrogen-bond acceptors (Lipinski definition) is 2. The highest BCUT2D eigenvalue weighted by molar-refractivity contribution is 5.72. The van der Waals surface area contributed by atoms with Crippen LogP contribution in [0.25, 0.3) is 0 Å². The molecule has 0 saturated carbocycles. The van der Waals surface area contributed by atoms with Gasteiger partial charge in [-0.05, 0) is 12.2 Å². The molecule has 0 aromatic heterocycles. The number of hydrogen-bond donors (Lipinski definition) is 0. The first-order chi connectivity index (χ1) is 4.00. The van der Waals surface area contributed by atoms with Gasteiger partial charge in [0.2, 0.25) is 0 Å². The standard InChI is InChI=1S/C6H6N2/c1-2-4-6-8-7-5-3-1/h1,4-6H,3H2. The van der Waals surface area contributed by atoms with Crippen LogP contribution >= 0.6 is 0 Å². The Balaban J connectivity index is 2.70. The van der Waals surface area contributed by atoms with Crippen LogP contribution in [0.1, 0.15) is 6.42 Å². The van der Waals surface area contributed by atoms with Crippen molar-refractivity contribution in [3.8, 4) is 0 Å². The molecule has 0 spiro atoms. The van der Waals surface area contributed by atoms with Crippen molar-refractivity contribution in [2.75, 3.05) is 0 Å². The quantitative estimate of drug-likeness (QED) is 0.414. The molecule has 1 aliphatic rings. The van der Waals surface area contributed by atoms with E-state index < -0.39 is 0 Å². The van der Waals surface area contributed by atoms with Crippen molar-refractivity contribution in [1.82, 2.24) is 0 Å². The summed E-state index contributed by atoms with van der Waals surface area (Å²) < 4.78 is 0. The first-order valence-electron chi connectivity index (χ1n) is 2.44. The third-order valence-electron chi connectivity index (χ3n) is 0.727. The van der Waals surface area contributed by atoms with Gasteiger partial charge >= 0.3 is 0 Å². The molecular formula is C6H6N2. The maximum atomic E-state index is 3.67. The maximum absolute atomic E-state index is 3.67. The van der Waals surface area contributed by atoms with Gasteiger partial charge in [0.25, 0.3) is 0 Å². The van der Waals surface area contributed by atoms with Gasteiger partial charge in [-0.2, -0.15) is 10.2 Å². The van der Waals surface area contributed by atoms with Crippen LogP contribution in [-0.4, -0.2) is 12.4 Å². The van der Waals surface area contributed by atoms with Crippen molar-refractivity contribution < 1.29 is 0 Å². The molecule has 1 aliphatic heterocycles. The lowest BCUT2D eigenvalue weighted by Gasteiger charge is -1.77. The Hall–Kier alpha value is -1.14. The van der Waals surface area contributed by atoms with Crippen LogP contribution in [0.2, 0.25) is 0 Å². The molecule has 2 heteroatoms. The van der Waals surface area contributed by atoms with Crippen LogP contribution in [0.15, 0.2) is 28.1 Å². The van der Waals surface area contributed by atoms with Gasteiger partial charge in [-0.25, -0.2) is 0 Å². The molecule has 0 aromatic carbocycles. The smallest absolute Gasteiger partial charge is 0.0572 e. The molecule has 2 nitrogen and oxygen atoms in total. The summed E-state index contributed by atoms with van der Waals surface area (Å²) in [6.07, 6.45) is 7.79. The lowest BCUT2D eigenvalue weighted by molar-refractivity contribution is 1.25. The second kappa shape index (κ2) is 2.94. The largest absolute Gasteiger partial charge is 0.163 e. The topological polar surface area (TPSA) is 24.7 Å². The van der Waals surface area contributed by atoms with Gasteiger partial charge in [0.15, 0.2) is 0 Å². The van der Waals surface area contributed by atoms with Gasteiger partial charge in [0.1, 0.15) is 0 Å². The van der Waals surface area contributed by atoms with Crippen molar-refractivity contribution in [2.24, 2.45) is 10.2 Å². The molecule has 0 radical (unpaired) electrons. The second-order valence-electron chi connectivity index (χ2n) is 1.34. The van der Waals surface area contributed by atoms with E-state index in [0.717, 1.165) is 6.42 Å². The third kappa shape index (κ3) is 1.54. The van der Waals surface area contributed by atoms with Crippen LogP contribution in [-0.2, 0) is 0 Å². The van der Waals surface area contributed by atoms with Crippen LogP contribution in [0.4, 0.5) is 0 Å². The molecule has 0 unspecified atom stereocenters. The highest BCUT2D eigenvalue weighted by Crippen LogP contribution is 1.80. The lowest BCUT2D eigenvalue weighted by atomic mass is 10.4. The molecule has 8 heavy (non-hydrogen) atoms. The molecule has 0 bridgehead atoms. The summed E-state index contributed by atoms with van der Waals surface area (Å²) in [7, 11) is 0. The average Bonchev–Trinajstić information content (AvgIpc) is 1.62. The molecule has 1 rings (SSSR count). The zero-order valence-electron chi connectivity index (χ0n) is 4.41. The van der Waals surface area contributed by atoms with Crippen LogP contribution in [0.3, 0.4) is 0 Å².